The van der Waals surface area contributed by atoms with Crippen molar-refractivity contribution in [3.05, 3.63) is 77.9 Å². The molecule has 0 radical (unpaired) electrons. The summed E-state index contributed by atoms with van der Waals surface area (Å²) in [5, 5.41) is 6.41. The Hall–Kier alpha value is -5.17. The molecule has 0 saturated carbocycles. The molecule has 272 valence electrons. The van der Waals surface area contributed by atoms with Gasteiger partial charge in [0.1, 0.15) is 11.4 Å². The number of aryl methyl sites for hydroxylation is 2. The third-order valence-corrected chi connectivity index (χ3v) is 10.8. The molecule has 3 aliphatic heterocycles. The molecule has 2 aromatic heterocycles. The van der Waals surface area contributed by atoms with Crippen LogP contribution in [-0.4, -0.2) is 100 Å². The maximum Gasteiger partial charge on any atom is 0.272 e. The first kappa shape index (κ1) is 35.2. The van der Waals surface area contributed by atoms with E-state index < -0.39 is 0 Å². The van der Waals surface area contributed by atoms with Gasteiger partial charge in [-0.05, 0) is 61.6 Å². The zero-order valence-corrected chi connectivity index (χ0v) is 30.7. The van der Waals surface area contributed by atoms with E-state index in [1.165, 1.54) is 0 Å². The zero-order chi connectivity index (χ0) is 36.2. The number of hydrogen-bond acceptors (Lipinski definition) is 8. The van der Waals surface area contributed by atoms with E-state index in [-0.39, 0.29) is 23.8 Å². The van der Waals surface area contributed by atoms with Crippen molar-refractivity contribution >= 4 is 52.8 Å². The van der Waals surface area contributed by atoms with Crippen LogP contribution in [0, 0.1) is 0 Å². The predicted octanol–water partition coefficient (Wildman–Crippen LogP) is 6.07. The second-order valence-electron chi connectivity index (χ2n) is 13.4. The number of nitrogens with zero attached hydrogens (tertiary/aromatic N) is 5. The SMILES string of the molecule is COc1cc2c(cc1OCCCCNc1cc(C(=O)Nc3ccc(-c4cc(C(=O)N5CCSCC5)n(C)c4)cc3)n(C)c1)N=C[C@@H]1CCCN1C2=O. The molecule has 2 fully saturated rings. The summed E-state index contributed by atoms with van der Waals surface area (Å²) in [6.45, 7) is 3.49. The predicted molar refractivity (Wildman–Crippen MR) is 206 cm³/mol. The van der Waals surface area contributed by atoms with Gasteiger partial charge < -0.3 is 39.0 Å². The lowest BCUT2D eigenvalue weighted by molar-refractivity contribution is 0.0759. The van der Waals surface area contributed by atoms with E-state index in [1.807, 2.05) is 95.2 Å². The van der Waals surface area contributed by atoms with Gasteiger partial charge in [0, 0.05) is 87.7 Å². The highest BCUT2D eigenvalue weighted by Crippen LogP contribution is 2.38. The lowest BCUT2D eigenvalue weighted by Crippen LogP contribution is -2.38. The number of aliphatic imine (C=N–C) groups is 1. The van der Waals surface area contributed by atoms with Crippen LogP contribution in [0.1, 0.15) is 57.0 Å². The first-order valence-corrected chi connectivity index (χ1v) is 19.0. The van der Waals surface area contributed by atoms with Crippen LogP contribution in [0.4, 0.5) is 17.1 Å². The fraction of sp³-hybridized carbons (Fsp3) is 0.385. The van der Waals surface area contributed by atoms with E-state index in [0.717, 1.165) is 73.6 Å². The number of ether oxygens (including phenoxy) is 2. The smallest absolute Gasteiger partial charge is 0.272 e. The molecule has 52 heavy (non-hydrogen) atoms. The average molecular weight is 724 g/mol. The van der Waals surface area contributed by atoms with Gasteiger partial charge in [0.05, 0.1) is 36.7 Å². The Balaban J connectivity index is 0.880. The number of carbonyl (C=O) groups excluding carboxylic acids is 3. The van der Waals surface area contributed by atoms with Gasteiger partial charge in [-0.25, -0.2) is 0 Å². The highest BCUT2D eigenvalue weighted by Gasteiger charge is 2.32. The van der Waals surface area contributed by atoms with Crippen molar-refractivity contribution in [1.29, 1.82) is 0 Å². The first-order chi connectivity index (χ1) is 25.3. The number of hydrogen-bond donors (Lipinski definition) is 2. The molecule has 1 atom stereocenters. The quantitative estimate of drug-likeness (QED) is 0.170. The van der Waals surface area contributed by atoms with Gasteiger partial charge in [0.15, 0.2) is 11.5 Å². The third-order valence-electron chi connectivity index (χ3n) is 9.85. The molecule has 2 aromatic carbocycles. The number of rotatable bonds is 12. The van der Waals surface area contributed by atoms with Gasteiger partial charge in [-0.15, -0.1) is 0 Å². The summed E-state index contributed by atoms with van der Waals surface area (Å²) in [7, 11) is 5.33. The summed E-state index contributed by atoms with van der Waals surface area (Å²) < 4.78 is 15.3. The summed E-state index contributed by atoms with van der Waals surface area (Å²) in [6, 6.07) is 15.0. The molecule has 4 aromatic rings. The Kier molecular flexibility index (Phi) is 10.6. The van der Waals surface area contributed by atoms with Gasteiger partial charge in [0.2, 0.25) is 0 Å². The van der Waals surface area contributed by atoms with Crippen LogP contribution >= 0.6 is 11.8 Å². The maximum absolute atomic E-state index is 13.2. The Bertz CT molecular complexity index is 1980. The highest BCUT2D eigenvalue weighted by molar-refractivity contribution is 7.99. The molecule has 12 nitrogen and oxygen atoms in total. The second kappa shape index (κ2) is 15.6. The molecular formula is C39H45N7O5S. The minimum Gasteiger partial charge on any atom is -0.493 e. The van der Waals surface area contributed by atoms with Crippen LogP contribution in [0.25, 0.3) is 11.1 Å². The summed E-state index contributed by atoms with van der Waals surface area (Å²) in [5.41, 5.74) is 5.85. The zero-order valence-electron chi connectivity index (χ0n) is 29.9. The molecule has 0 unspecified atom stereocenters. The van der Waals surface area contributed by atoms with Crippen LogP contribution in [0.15, 0.2) is 65.9 Å². The van der Waals surface area contributed by atoms with Gasteiger partial charge in [-0.3, -0.25) is 19.4 Å². The molecular weight excluding hydrogens is 679 g/mol. The van der Waals surface area contributed by atoms with Gasteiger partial charge in [0.25, 0.3) is 17.7 Å². The van der Waals surface area contributed by atoms with Crippen molar-refractivity contribution in [2.24, 2.45) is 19.1 Å². The van der Waals surface area contributed by atoms with Gasteiger partial charge >= 0.3 is 0 Å². The second-order valence-corrected chi connectivity index (χ2v) is 14.6. The van der Waals surface area contributed by atoms with E-state index in [0.29, 0.717) is 53.0 Å². The molecule has 2 saturated heterocycles. The lowest BCUT2D eigenvalue weighted by Gasteiger charge is -2.26. The monoisotopic (exact) mass is 723 g/mol. The number of amides is 3. The Morgan fingerprint density at radius 2 is 1.69 bits per heavy atom. The molecule has 0 spiro atoms. The van der Waals surface area contributed by atoms with Gasteiger partial charge in [-0.2, -0.15) is 11.8 Å². The topological polar surface area (TPSA) is 122 Å². The maximum atomic E-state index is 13.2. The summed E-state index contributed by atoms with van der Waals surface area (Å²) >= 11 is 1.88. The van der Waals surface area contributed by atoms with Crippen molar-refractivity contribution in [3.63, 3.8) is 0 Å². The van der Waals surface area contributed by atoms with E-state index in [1.54, 1.807) is 23.8 Å². The molecule has 3 amide bonds. The van der Waals surface area contributed by atoms with Crippen molar-refractivity contribution in [2.45, 2.75) is 31.7 Å². The normalized spacial score (nSPS) is 16.7. The first-order valence-electron chi connectivity index (χ1n) is 17.8. The van der Waals surface area contributed by atoms with Crippen LogP contribution in [-0.2, 0) is 14.1 Å². The molecule has 0 bridgehead atoms. The standard InChI is InChI=1S/C39H45N7O5S/c1-43-24-27(19-34(43)39(49)45-14-17-52-18-15-45)26-8-10-28(11-9-26)42-37(47)33-20-29(25-44(33)2)40-12-4-5-16-51-36-22-32-31(21-35(36)50-3)38(48)46-13-6-7-30(46)23-41-32/h8-11,19-25,30,40H,4-7,12-18H2,1-3H3,(H,42,47)/t30-/m0/s1. The molecule has 0 aliphatic carbocycles. The van der Waals surface area contributed by atoms with Crippen LogP contribution in [0.5, 0.6) is 11.5 Å². The number of methoxy groups -OCH3 is 1. The van der Waals surface area contributed by atoms with Crippen LogP contribution < -0.4 is 20.1 Å². The number of nitrogens with one attached hydrogen (secondary N) is 2. The van der Waals surface area contributed by atoms with Crippen LogP contribution in [0.2, 0.25) is 0 Å². The number of unbranched alkanes of at least 4 members (excludes halogenated alkanes) is 1. The Morgan fingerprint density at radius 3 is 2.48 bits per heavy atom. The minimum absolute atomic E-state index is 0.0124. The minimum atomic E-state index is -0.204. The van der Waals surface area contributed by atoms with E-state index in [9.17, 15) is 14.4 Å². The van der Waals surface area contributed by atoms with E-state index in [2.05, 4.69) is 15.6 Å². The van der Waals surface area contributed by atoms with Gasteiger partial charge in [-0.1, -0.05) is 12.1 Å². The number of anilines is 2. The number of thioether (sulfide) groups is 1. The van der Waals surface area contributed by atoms with E-state index in [4.69, 9.17) is 9.47 Å². The number of benzene rings is 2. The molecule has 13 heteroatoms. The van der Waals surface area contributed by atoms with E-state index >= 15 is 0 Å². The van der Waals surface area contributed by atoms with Crippen molar-refractivity contribution in [1.82, 2.24) is 18.9 Å². The van der Waals surface area contributed by atoms with Crippen LogP contribution in [0.3, 0.4) is 0 Å². The third kappa shape index (κ3) is 7.55. The lowest BCUT2D eigenvalue weighted by atomic mass is 10.1. The van der Waals surface area contributed by atoms with Crippen molar-refractivity contribution in [3.8, 4) is 22.6 Å². The number of aromatic nitrogens is 2. The average Bonchev–Trinajstić information content (AvgIpc) is 3.88. The molecule has 3 aliphatic rings. The summed E-state index contributed by atoms with van der Waals surface area (Å²) in [4.78, 5) is 47.8. The fourth-order valence-corrected chi connectivity index (χ4v) is 7.86. The Morgan fingerprint density at radius 1 is 0.904 bits per heavy atom. The summed E-state index contributed by atoms with van der Waals surface area (Å²) in [5.74, 6) is 2.90. The van der Waals surface area contributed by atoms with Crippen molar-refractivity contribution in [2.75, 3.05) is 62.0 Å². The number of fused-ring (bicyclic) bond motifs is 2. The number of carbonyl (C=O) groups is 3. The fourth-order valence-electron chi connectivity index (χ4n) is 6.95. The highest BCUT2D eigenvalue weighted by atomic mass is 32.2. The largest absolute Gasteiger partial charge is 0.493 e. The molecule has 7 rings (SSSR count). The van der Waals surface area contributed by atoms with Crippen molar-refractivity contribution < 1.29 is 23.9 Å². The molecule has 2 N–H and O–H groups in total. The Labute approximate surface area is 308 Å². The molecule has 5 heterocycles. The summed E-state index contributed by atoms with van der Waals surface area (Å²) in [6.07, 6.45) is 9.31.